The summed E-state index contributed by atoms with van der Waals surface area (Å²) in [4.78, 5) is 1.78. The van der Waals surface area contributed by atoms with Crippen LogP contribution in [0.3, 0.4) is 0 Å². The Morgan fingerprint density at radius 3 is 2.29 bits per heavy atom. The first-order valence-electron chi connectivity index (χ1n) is 5.96. The third-order valence-electron chi connectivity index (χ3n) is 3.62. The molecule has 0 bridgehead atoms. The maximum absolute atomic E-state index is 9.98. The van der Waals surface area contributed by atoms with Crippen LogP contribution in [0.5, 0.6) is 0 Å². The Balaban J connectivity index is 2.79. The summed E-state index contributed by atoms with van der Waals surface area (Å²) in [6.45, 7) is 3.52. The first kappa shape index (κ1) is 14.8. The standard InChI is InChI=1S/C11H23NO5/c1-4-6(2)12(3)8-10(15)9(14)7(5-13)17-11(8)16/h6-11,13-16H,4-5H2,1-3H3/t6?,7-,8-,9-,10-,11?/m1/s1. The molecule has 0 aromatic carbocycles. The maximum atomic E-state index is 9.98. The molecule has 0 aromatic heterocycles. The van der Waals surface area contributed by atoms with Crippen molar-refractivity contribution in [1.29, 1.82) is 0 Å². The zero-order valence-corrected chi connectivity index (χ0v) is 10.5. The van der Waals surface area contributed by atoms with Crippen molar-refractivity contribution in [3.63, 3.8) is 0 Å². The number of ether oxygens (including phenoxy) is 1. The summed E-state index contributed by atoms with van der Waals surface area (Å²) in [6.07, 6.45) is -3.65. The summed E-state index contributed by atoms with van der Waals surface area (Å²) < 4.78 is 5.10. The van der Waals surface area contributed by atoms with Crippen LogP contribution >= 0.6 is 0 Å². The molecule has 0 radical (unpaired) electrons. The van der Waals surface area contributed by atoms with E-state index in [1.54, 1.807) is 11.9 Å². The highest BCUT2D eigenvalue weighted by atomic mass is 16.6. The largest absolute Gasteiger partial charge is 0.394 e. The van der Waals surface area contributed by atoms with Crippen molar-refractivity contribution in [3.8, 4) is 0 Å². The van der Waals surface area contributed by atoms with Crippen LogP contribution in [0.15, 0.2) is 0 Å². The Morgan fingerprint density at radius 1 is 1.24 bits per heavy atom. The molecular formula is C11H23NO5. The number of likely N-dealkylation sites (N-methyl/N-ethyl adjacent to an activating group) is 1. The van der Waals surface area contributed by atoms with E-state index >= 15 is 0 Å². The molecule has 1 rings (SSSR count). The van der Waals surface area contributed by atoms with Crippen molar-refractivity contribution in [3.05, 3.63) is 0 Å². The van der Waals surface area contributed by atoms with Gasteiger partial charge in [0.05, 0.1) is 12.6 Å². The number of aliphatic hydroxyl groups excluding tert-OH is 4. The van der Waals surface area contributed by atoms with Crippen molar-refractivity contribution in [2.45, 2.75) is 57.0 Å². The van der Waals surface area contributed by atoms with E-state index in [0.717, 1.165) is 6.42 Å². The molecule has 17 heavy (non-hydrogen) atoms. The Kier molecular flexibility index (Phi) is 5.30. The third-order valence-corrected chi connectivity index (χ3v) is 3.62. The fourth-order valence-corrected chi connectivity index (χ4v) is 2.11. The molecule has 4 N–H and O–H groups in total. The Morgan fingerprint density at radius 2 is 1.82 bits per heavy atom. The lowest BCUT2D eigenvalue weighted by atomic mass is 9.95. The van der Waals surface area contributed by atoms with E-state index < -0.39 is 37.3 Å². The van der Waals surface area contributed by atoms with Gasteiger partial charge in [-0.15, -0.1) is 0 Å². The first-order chi connectivity index (χ1) is 7.93. The molecule has 0 aromatic rings. The van der Waals surface area contributed by atoms with Gasteiger partial charge in [-0.2, -0.15) is 0 Å². The van der Waals surface area contributed by atoms with Crippen LogP contribution in [0.4, 0.5) is 0 Å². The minimum absolute atomic E-state index is 0.144. The number of hydrogen-bond donors (Lipinski definition) is 4. The summed E-state index contributed by atoms with van der Waals surface area (Å²) >= 11 is 0. The monoisotopic (exact) mass is 249 g/mol. The van der Waals surface area contributed by atoms with Crippen LogP contribution in [-0.4, -0.2) is 75.7 Å². The van der Waals surface area contributed by atoms with Gasteiger partial charge in [-0.3, -0.25) is 4.90 Å². The van der Waals surface area contributed by atoms with Gasteiger partial charge in [-0.1, -0.05) is 6.92 Å². The Bertz CT molecular complexity index is 240. The number of hydrogen-bond acceptors (Lipinski definition) is 6. The van der Waals surface area contributed by atoms with Crippen LogP contribution < -0.4 is 0 Å². The van der Waals surface area contributed by atoms with Crippen molar-refractivity contribution >= 4 is 0 Å². The van der Waals surface area contributed by atoms with Crippen molar-refractivity contribution < 1.29 is 25.2 Å². The van der Waals surface area contributed by atoms with Crippen LogP contribution in [0.2, 0.25) is 0 Å². The Labute approximate surface area is 101 Å². The molecule has 1 heterocycles. The van der Waals surface area contributed by atoms with Crippen LogP contribution in [0, 0.1) is 0 Å². The van der Waals surface area contributed by atoms with E-state index in [1.807, 2.05) is 13.8 Å². The summed E-state index contributed by atoms with van der Waals surface area (Å²) in [5, 5.41) is 38.5. The number of aliphatic hydroxyl groups is 4. The summed E-state index contributed by atoms with van der Waals surface area (Å²) in [5.41, 5.74) is 0. The summed E-state index contributed by atoms with van der Waals surface area (Å²) in [5.74, 6) is 0. The van der Waals surface area contributed by atoms with E-state index in [0.29, 0.717) is 0 Å². The molecule has 6 heteroatoms. The second-order valence-corrected chi connectivity index (χ2v) is 4.64. The molecule has 1 aliphatic rings. The molecule has 2 unspecified atom stereocenters. The van der Waals surface area contributed by atoms with Gasteiger partial charge >= 0.3 is 0 Å². The lowest BCUT2D eigenvalue weighted by Crippen LogP contribution is -2.64. The Hall–Kier alpha value is -0.240. The van der Waals surface area contributed by atoms with Gasteiger partial charge in [-0.05, 0) is 20.4 Å². The quantitative estimate of drug-likeness (QED) is 0.485. The van der Waals surface area contributed by atoms with Gasteiger partial charge in [0.1, 0.15) is 18.3 Å². The van der Waals surface area contributed by atoms with Gasteiger partial charge in [0.2, 0.25) is 0 Å². The third kappa shape index (κ3) is 2.96. The maximum Gasteiger partial charge on any atom is 0.173 e. The average Bonchev–Trinajstić information content (AvgIpc) is 2.32. The summed E-state index contributed by atoms with van der Waals surface area (Å²) in [6, 6.07) is -0.548. The highest BCUT2D eigenvalue weighted by Crippen LogP contribution is 2.24. The molecule has 1 saturated heterocycles. The molecule has 0 amide bonds. The van der Waals surface area contributed by atoms with Gasteiger partial charge in [0.15, 0.2) is 6.29 Å². The topological polar surface area (TPSA) is 93.4 Å². The predicted octanol–water partition coefficient (Wildman–Crippen LogP) is -1.48. The second-order valence-electron chi connectivity index (χ2n) is 4.64. The van der Waals surface area contributed by atoms with Crippen LogP contribution in [0.1, 0.15) is 20.3 Å². The molecule has 6 nitrogen and oxygen atoms in total. The van der Waals surface area contributed by atoms with E-state index in [-0.39, 0.29) is 6.04 Å². The molecular weight excluding hydrogens is 226 g/mol. The van der Waals surface area contributed by atoms with Crippen molar-refractivity contribution in [2.24, 2.45) is 0 Å². The number of rotatable bonds is 4. The van der Waals surface area contributed by atoms with E-state index in [1.165, 1.54) is 0 Å². The zero-order chi connectivity index (χ0) is 13.2. The predicted molar refractivity (Wildman–Crippen MR) is 61.3 cm³/mol. The molecule has 1 aliphatic heterocycles. The highest BCUT2D eigenvalue weighted by Gasteiger charge is 2.45. The van der Waals surface area contributed by atoms with Gasteiger partial charge in [-0.25, -0.2) is 0 Å². The van der Waals surface area contributed by atoms with Crippen molar-refractivity contribution in [1.82, 2.24) is 4.90 Å². The van der Waals surface area contributed by atoms with Gasteiger partial charge in [0, 0.05) is 6.04 Å². The van der Waals surface area contributed by atoms with E-state index in [9.17, 15) is 15.3 Å². The lowest BCUT2D eigenvalue weighted by molar-refractivity contribution is -0.273. The molecule has 6 atom stereocenters. The summed E-state index contributed by atoms with van der Waals surface area (Å²) in [7, 11) is 1.76. The highest BCUT2D eigenvalue weighted by molar-refractivity contribution is 4.94. The molecule has 0 aliphatic carbocycles. The van der Waals surface area contributed by atoms with Crippen molar-refractivity contribution in [2.75, 3.05) is 13.7 Å². The number of nitrogens with zero attached hydrogens (tertiary/aromatic N) is 1. The van der Waals surface area contributed by atoms with E-state index in [2.05, 4.69) is 0 Å². The zero-order valence-electron chi connectivity index (χ0n) is 10.5. The molecule has 102 valence electrons. The normalized spacial score (nSPS) is 40.6. The second kappa shape index (κ2) is 6.08. The minimum Gasteiger partial charge on any atom is -0.394 e. The molecule has 0 saturated carbocycles. The fraction of sp³-hybridized carbons (Fsp3) is 1.00. The fourth-order valence-electron chi connectivity index (χ4n) is 2.11. The lowest BCUT2D eigenvalue weighted by Gasteiger charge is -2.45. The van der Waals surface area contributed by atoms with Gasteiger partial charge < -0.3 is 25.2 Å². The smallest absolute Gasteiger partial charge is 0.173 e. The first-order valence-corrected chi connectivity index (χ1v) is 5.96. The molecule has 1 fully saturated rings. The SMILES string of the molecule is CCC(C)N(C)[C@H]1C(O)O[C@H](CO)[C@@H](O)[C@@H]1O. The minimum atomic E-state index is -1.22. The molecule has 0 spiro atoms. The van der Waals surface area contributed by atoms with Crippen LogP contribution in [0.25, 0.3) is 0 Å². The average molecular weight is 249 g/mol. The van der Waals surface area contributed by atoms with Gasteiger partial charge in [0.25, 0.3) is 0 Å². The van der Waals surface area contributed by atoms with Crippen LogP contribution in [-0.2, 0) is 4.74 Å². The van der Waals surface area contributed by atoms with E-state index in [4.69, 9.17) is 9.84 Å².